The average Bonchev–Trinajstić information content (AvgIpc) is 3.48. The van der Waals surface area contributed by atoms with Gasteiger partial charge >= 0.3 is 0 Å². The molecule has 1 saturated carbocycles. The summed E-state index contributed by atoms with van der Waals surface area (Å²) in [5.41, 5.74) is 4.74. The first-order valence-electron chi connectivity index (χ1n) is 10.5. The molecule has 0 unspecified atom stereocenters. The number of benzene rings is 1. The molecule has 5 heteroatoms. The standard InChI is InChI=1S/C24H26N4S/c1-17-8-6-11-19(16-17)27-15-7-13-21(27)23-22(20-12-4-5-14-25-20)26-24(29)28(23)18-9-2-3-10-18/h4-8,11-16,18,22-23H,2-3,9-10H2,1H3,(H,26,29)/t22-,23-/m0/s1. The second-order valence-electron chi connectivity index (χ2n) is 8.11. The summed E-state index contributed by atoms with van der Waals surface area (Å²) in [5.74, 6) is 0. The van der Waals surface area contributed by atoms with E-state index in [2.05, 4.69) is 81.4 Å². The molecule has 0 radical (unpaired) electrons. The van der Waals surface area contributed by atoms with E-state index in [-0.39, 0.29) is 12.1 Å². The highest BCUT2D eigenvalue weighted by molar-refractivity contribution is 7.80. The predicted octanol–water partition coefficient (Wildman–Crippen LogP) is 5.10. The van der Waals surface area contributed by atoms with Crippen LogP contribution in [0.4, 0.5) is 0 Å². The number of hydrogen-bond acceptors (Lipinski definition) is 2. The summed E-state index contributed by atoms with van der Waals surface area (Å²) in [5, 5.41) is 4.46. The van der Waals surface area contributed by atoms with Crippen molar-refractivity contribution in [2.75, 3.05) is 0 Å². The average molecular weight is 403 g/mol. The summed E-state index contributed by atoms with van der Waals surface area (Å²) >= 11 is 5.86. The molecule has 0 amide bonds. The van der Waals surface area contributed by atoms with Gasteiger partial charge in [-0.1, -0.05) is 31.0 Å². The van der Waals surface area contributed by atoms with Gasteiger partial charge in [0, 0.05) is 29.8 Å². The Bertz CT molecular complexity index is 1010. The number of rotatable bonds is 4. The highest BCUT2D eigenvalue weighted by Gasteiger charge is 2.44. The molecule has 148 valence electrons. The molecule has 29 heavy (non-hydrogen) atoms. The minimum atomic E-state index is 0.0442. The van der Waals surface area contributed by atoms with Gasteiger partial charge in [-0.05, 0) is 73.9 Å². The fourth-order valence-corrected chi connectivity index (χ4v) is 5.30. The zero-order valence-electron chi connectivity index (χ0n) is 16.7. The van der Waals surface area contributed by atoms with Crippen LogP contribution in [-0.2, 0) is 0 Å². The molecule has 4 nitrogen and oxygen atoms in total. The van der Waals surface area contributed by atoms with Crippen LogP contribution in [0.2, 0.25) is 0 Å². The second kappa shape index (κ2) is 7.64. The lowest BCUT2D eigenvalue weighted by atomic mass is 9.99. The molecule has 1 N–H and O–H groups in total. The van der Waals surface area contributed by atoms with Gasteiger partial charge in [0.05, 0.1) is 17.8 Å². The first-order chi connectivity index (χ1) is 14.2. The SMILES string of the molecule is Cc1cccc(-n2cccc2[C@H]2[C@H](c3ccccn3)NC(=S)N2C2CCCC2)c1. The van der Waals surface area contributed by atoms with E-state index in [4.69, 9.17) is 12.2 Å². The molecule has 0 spiro atoms. The lowest BCUT2D eigenvalue weighted by Crippen LogP contribution is -2.38. The molecule has 3 aromatic rings. The molecule has 1 aromatic carbocycles. The Hall–Kier alpha value is -2.66. The van der Waals surface area contributed by atoms with Crippen LogP contribution in [0, 0.1) is 6.92 Å². The van der Waals surface area contributed by atoms with Gasteiger partial charge in [-0.3, -0.25) is 4.98 Å². The quantitative estimate of drug-likeness (QED) is 0.616. The van der Waals surface area contributed by atoms with Crippen LogP contribution in [0.5, 0.6) is 0 Å². The van der Waals surface area contributed by atoms with Crippen LogP contribution in [0.25, 0.3) is 5.69 Å². The molecule has 1 aliphatic heterocycles. The first kappa shape index (κ1) is 18.4. The monoisotopic (exact) mass is 402 g/mol. The van der Waals surface area contributed by atoms with Gasteiger partial charge in [0.15, 0.2) is 5.11 Å². The fraction of sp³-hybridized carbons (Fsp3) is 0.333. The third-order valence-electron chi connectivity index (χ3n) is 6.22. The van der Waals surface area contributed by atoms with E-state index < -0.39 is 0 Å². The molecular weight excluding hydrogens is 376 g/mol. The van der Waals surface area contributed by atoms with Crippen LogP contribution >= 0.6 is 12.2 Å². The van der Waals surface area contributed by atoms with Crippen molar-refractivity contribution in [3.63, 3.8) is 0 Å². The normalized spacial score (nSPS) is 22.2. The lowest BCUT2D eigenvalue weighted by Gasteiger charge is -2.33. The van der Waals surface area contributed by atoms with Crippen molar-refractivity contribution in [3.8, 4) is 5.69 Å². The highest BCUT2D eigenvalue weighted by atomic mass is 32.1. The van der Waals surface area contributed by atoms with Crippen molar-refractivity contribution in [1.29, 1.82) is 0 Å². The van der Waals surface area contributed by atoms with Crippen LogP contribution in [-0.4, -0.2) is 25.6 Å². The third-order valence-corrected chi connectivity index (χ3v) is 6.55. The second-order valence-corrected chi connectivity index (χ2v) is 8.50. The Balaban J connectivity index is 1.62. The Morgan fingerprint density at radius 1 is 1.03 bits per heavy atom. The number of aryl methyl sites for hydroxylation is 1. The molecule has 2 fully saturated rings. The summed E-state index contributed by atoms with van der Waals surface area (Å²) in [6.45, 7) is 2.14. The minimum Gasteiger partial charge on any atom is -0.352 e. The van der Waals surface area contributed by atoms with Crippen LogP contribution in [0.15, 0.2) is 67.0 Å². The van der Waals surface area contributed by atoms with E-state index in [1.807, 2.05) is 12.3 Å². The number of aromatic nitrogens is 2. The predicted molar refractivity (Wildman–Crippen MR) is 120 cm³/mol. The van der Waals surface area contributed by atoms with Crippen molar-refractivity contribution < 1.29 is 0 Å². The van der Waals surface area contributed by atoms with Gasteiger partial charge in [-0.2, -0.15) is 0 Å². The number of pyridine rings is 1. The highest BCUT2D eigenvalue weighted by Crippen LogP contribution is 2.43. The van der Waals surface area contributed by atoms with Gasteiger partial charge < -0.3 is 14.8 Å². The number of nitrogens with zero attached hydrogens (tertiary/aromatic N) is 3. The zero-order valence-corrected chi connectivity index (χ0v) is 17.5. The molecule has 3 heterocycles. The van der Waals surface area contributed by atoms with Gasteiger partial charge in [0.25, 0.3) is 0 Å². The smallest absolute Gasteiger partial charge is 0.170 e. The van der Waals surface area contributed by atoms with Crippen LogP contribution < -0.4 is 5.32 Å². The summed E-state index contributed by atoms with van der Waals surface area (Å²) in [7, 11) is 0. The molecule has 2 aliphatic rings. The maximum atomic E-state index is 5.86. The van der Waals surface area contributed by atoms with Crippen molar-refractivity contribution in [3.05, 3.63) is 83.9 Å². The van der Waals surface area contributed by atoms with Gasteiger partial charge in [0.2, 0.25) is 0 Å². The molecule has 2 atom stereocenters. The van der Waals surface area contributed by atoms with E-state index in [9.17, 15) is 0 Å². The fourth-order valence-electron chi connectivity index (χ4n) is 4.91. The Morgan fingerprint density at radius 2 is 1.90 bits per heavy atom. The van der Waals surface area contributed by atoms with E-state index in [0.717, 1.165) is 10.8 Å². The number of thiocarbonyl (C=S) groups is 1. The topological polar surface area (TPSA) is 33.1 Å². The molecular formula is C24H26N4S. The molecule has 2 aromatic heterocycles. The molecule has 1 saturated heterocycles. The van der Waals surface area contributed by atoms with Gasteiger partial charge in [0.1, 0.15) is 0 Å². The molecule has 0 bridgehead atoms. The number of hydrogen-bond donors (Lipinski definition) is 1. The van der Waals surface area contributed by atoms with Crippen molar-refractivity contribution in [1.82, 2.24) is 19.8 Å². The van der Waals surface area contributed by atoms with Crippen molar-refractivity contribution >= 4 is 17.3 Å². The van der Waals surface area contributed by atoms with Crippen LogP contribution in [0.1, 0.15) is 54.7 Å². The Morgan fingerprint density at radius 3 is 2.66 bits per heavy atom. The van der Waals surface area contributed by atoms with Crippen molar-refractivity contribution in [2.45, 2.75) is 50.7 Å². The zero-order chi connectivity index (χ0) is 19.8. The lowest BCUT2D eigenvalue weighted by molar-refractivity contribution is 0.239. The Kier molecular flexibility index (Phi) is 4.84. The third kappa shape index (κ3) is 3.33. The minimum absolute atomic E-state index is 0.0442. The van der Waals surface area contributed by atoms with E-state index in [1.165, 1.54) is 42.6 Å². The molecule has 5 rings (SSSR count). The van der Waals surface area contributed by atoms with E-state index in [1.54, 1.807) is 0 Å². The van der Waals surface area contributed by atoms with Gasteiger partial charge in [-0.15, -0.1) is 0 Å². The maximum Gasteiger partial charge on any atom is 0.170 e. The van der Waals surface area contributed by atoms with Crippen LogP contribution in [0.3, 0.4) is 0 Å². The van der Waals surface area contributed by atoms with Gasteiger partial charge in [-0.25, -0.2) is 0 Å². The largest absolute Gasteiger partial charge is 0.352 e. The number of nitrogens with one attached hydrogen (secondary N) is 1. The Labute approximate surface area is 177 Å². The maximum absolute atomic E-state index is 5.86. The molecule has 1 aliphatic carbocycles. The summed E-state index contributed by atoms with van der Waals surface area (Å²) in [6.07, 6.45) is 9.01. The van der Waals surface area contributed by atoms with E-state index in [0.29, 0.717) is 6.04 Å². The first-order valence-corrected chi connectivity index (χ1v) is 10.9. The summed E-state index contributed by atoms with van der Waals surface area (Å²) < 4.78 is 2.31. The van der Waals surface area contributed by atoms with E-state index >= 15 is 0 Å². The summed E-state index contributed by atoms with van der Waals surface area (Å²) in [6, 6.07) is 19.8. The summed E-state index contributed by atoms with van der Waals surface area (Å²) in [4.78, 5) is 7.14. The van der Waals surface area contributed by atoms with Crippen molar-refractivity contribution in [2.24, 2.45) is 0 Å².